The Labute approximate surface area is 618 Å². The van der Waals surface area contributed by atoms with Crippen LogP contribution >= 0.6 is 11.8 Å². The minimum absolute atomic E-state index is 0.127. The third-order valence-corrected chi connectivity index (χ3v) is 22.7. The number of hydrogen-bond donors (Lipinski definition) is 0. The average Bonchev–Trinajstić information content (AvgIpc) is 0.688. The Morgan fingerprint density at radius 2 is 0.610 bits per heavy atom. The van der Waals surface area contributed by atoms with Gasteiger partial charge in [-0.15, -0.1) is 0 Å². The second kappa shape index (κ2) is 25.8. The van der Waals surface area contributed by atoms with Crippen molar-refractivity contribution in [1.82, 2.24) is 0 Å². The molecular formula is C97H67B2N5S. The van der Waals surface area contributed by atoms with Gasteiger partial charge in [-0.25, -0.2) is 0 Å². The summed E-state index contributed by atoms with van der Waals surface area (Å²) in [4.78, 5) is 15.2. The van der Waals surface area contributed by atoms with Crippen molar-refractivity contribution in [3.8, 4) is 44.5 Å². The molecule has 0 fully saturated rings. The lowest BCUT2D eigenvalue weighted by atomic mass is 9.31. The van der Waals surface area contributed by atoms with Gasteiger partial charge in [0, 0.05) is 89.2 Å². The molecule has 0 unspecified atom stereocenters. The molecule has 0 amide bonds. The normalized spacial score (nSPS) is 12.7. The van der Waals surface area contributed by atoms with Gasteiger partial charge in [0.15, 0.2) is 0 Å². The summed E-state index contributed by atoms with van der Waals surface area (Å²) in [7, 11) is 0. The van der Waals surface area contributed by atoms with Gasteiger partial charge in [-0.3, -0.25) is 0 Å². The Hall–Kier alpha value is -13.0. The number of aryl methyl sites for hydroxylation is 1. The third kappa shape index (κ3) is 10.5. The van der Waals surface area contributed by atoms with E-state index in [2.05, 4.69) is 420 Å². The molecular weight excluding hydrogens is 1290 g/mol. The van der Waals surface area contributed by atoms with Crippen LogP contribution in [0.25, 0.3) is 44.5 Å². The Kier molecular flexibility index (Phi) is 15.2. The van der Waals surface area contributed by atoms with Crippen LogP contribution in [0.2, 0.25) is 0 Å². The van der Waals surface area contributed by atoms with E-state index in [1.54, 1.807) is 0 Å². The predicted molar refractivity (Wildman–Crippen MR) is 446 cm³/mol. The molecule has 4 aliphatic rings. The Balaban J connectivity index is 0.848. The molecule has 0 aliphatic carbocycles. The second-order valence-corrected chi connectivity index (χ2v) is 28.6. The van der Waals surface area contributed by atoms with Gasteiger partial charge >= 0.3 is 0 Å². The molecule has 4 heterocycles. The van der Waals surface area contributed by atoms with Gasteiger partial charge in [0.2, 0.25) is 6.71 Å². The van der Waals surface area contributed by atoms with Crippen molar-refractivity contribution < 1.29 is 0 Å². The van der Waals surface area contributed by atoms with Crippen molar-refractivity contribution in [2.75, 3.05) is 24.5 Å². The second-order valence-electron chi connectivity index (χ2n) is 27.5. The maximum absolute atomic E-state index is 2.65. The first-order valence-electron chi connectivity index (χ1n) is 36.2. The van der Waals surface area contributed by atoms with Gasteiger partial charge in [0.05, 0.1) is 17.1 Å². The summed E-state index contributed by atoms with van der Waals surface area (Å²) < 4.78 is 0. The van der Waals surface area contributed by atoms with E-state index in [0.717, 1.165) is 107 Å². The van der Waals surface area contributed by atoms with Gasteiger partial charge in [0.25, 0.3) is 6.71 Å². The van der Waals surface area contributed by atoms with Gasteiger partial charge in [-0.05, 0) is 182 Å². The van der Waals surface area contributed by atoms with Crippen molar-refractivity contribution in [1.29, 1.82) is 0 Å². The monoisotopic (exact) mass is 1360 g/mol. The highest BCUT2D eigenvalue weighted by Gasteiger charge is 2.48. The molecule has 105 heavy (non-hydrogen) atoms. The summed E-state index contributed by atoms with van der Waals surface area (Å²) in [6.07, 6.45) is 0. The lowest BCUT2D eigenvalue weighted by Gasteiger charge is -2.46. The van der Waals surface area contributed by atoms with Crippen LogP contribution in [0.4, 0.5) is 85.3 Å². The van der Waals surface area contributed by atoms with Crippen LogP contribution in [0.3, 0.4) is 0 Å². The van der Waals surface area contributed by atoms with Crippen LogP contribution in [-0.2, 0) is 0 Å². The van der Waals surface area contributed by atoms with E-state index in [-0.39, 0.29) is 13.4 Å². The molecule has 4 aliphatic heterocycles. The third-order valence-electron chi connectivity index (χ3n) is 21.6. The molecule has 16 aromatic rings. The minimum Gasteiger partial charge on any atom is -0.311 e. The molecule has 0 bridgehead atoms. The molecule has 492 valence electrons. The van der Waals surface area contributed by atoms with Crippen LogP contribution < -0.4 is 57.3 Å². The van der Waals surface area contributed by atoms with E-state index in [9.17, 15) is 0 Å². The van der Waals surface area contributed by atoms with Gasteiger partial charge in [0.1, 0.15) is 0 Å². The first kappa shape index (κ1) is 61.8. The lowest BCUT2D eigenvalue weighted by molar-refractivity contribution is 1.21. The van der Waals surface area contributed by atoms with Crippen molar-refractivity contribution in [2.24, 2.45) is 0 Å². The predicted octanol–water partition coefficient (Wildman–Crippen LogP) is 22.4. The molecule has 0 saturated carbocycles. The summed E-state index contributed by atoms with van der Waals surface area (Å²) >= 11 is 1.91. The zero-order valence-electron chi connectivity index (χ0n) is 57.7. The largest absolute Gasteiger partial charge is 0.311 e. The Morgan fingerprint density at radius 3 is 1.10 bits per heavy atom. The fourth-order valence-electron chi connectivity index (χ4n) is 16.9. The molecule has 16 aromatic carbocycles. The van der Waals surface area contributed by atoms with E-state index < -0.39 is 0 Å². The fourth-order valence-corrected chi connectivity index (χ4v) is 18.1. The van der Waals surface area contributed by atoms with Gasteiger partial charge in [-0.2, -0.15) is 0 Å². The summed E-state index contributed by atoms with van der Waals surface area (Å²) in [6.45, 7) is 1.98. The first-order chi connectivity index (χ1) is 52.0. The lowest BCUT2D eigenvalue weighted by Crippen LogP contribution is -2.64. The number of benzene rings is 16. The van der Waals surface area contributed by atoms with Crippen LogP contribution in [-0.4, -0.2) is 13.4 Å². The zero-order valence-corrected chi connectivity index (χ0v) is 58.6. The Bertz CT molecular complexity index is 5990. The summed E-state index contributed by atoms with van der Waals surface area (Å²) in [5, 5.41) is 0. The number of anilines is 15. The maximum atomic E-state index is 2.65. The quantitative estimate of drug-likeness (QED) is 0.106. The molecule has 0 saturated heterocycles. The summed E-state index contributed by atoms with van der Waals surface area (Å²) in [5.74, 6) is 0. The maximum Gasteiger partial charge on any atom is 0.252 e. The molecule has 0 aromatic heterocycles. The van der Waals surface area contributed by atoms with E-state index >= 15 is 0 Å². The average molecular weight is 1360 g/mol. The number of para-hydroxylation sites is 7. The number of nitrogens with zero attached hydrogens (tertiary/aromatic N) is 5. The highest BCUT2D eigenvalue weighted by atomic mass is 32.2. The topological polar surface area (TPSA) is 16.2 Å². The van der Waals surface area contributed by atoms with Crippen molar-refractivity contribution in [2.45, 2.75) is 16.7 Å². The van der Waals surface area contributed by atoms with Crippen LogP contribution in [0.1, 0.15) is 5.56 Å². The molecule has 20 rings (SSSR count). The van der Waals surface area contributed by atoms with E-state index in [1.165, 1.54) is 70.5 Å². The van der Waals surface area contributed by atoms with Gasteiger partial charge in [-0.1, -0.05) is 296 Å². The Morgan fingerprint density at radius 1 is 0.238 bits per heavy atom. The van der Waals surface area contributed by atoms with Crippen molar-refractivity contribution in [3.05, 3.63) is 394 Å². The number of hydrogen-bond acceptors (Lipinski definition) is 6. The standard InChI is InChI=1S/C97H67B2N5S/c1-66-30-20-25-47-85(66)104-90-65-94-84(99-82-46-24-29-51-89(82)103(74-41-18-7-19-42-74)93-62-78(63-95(105-94)97(93)99)101(76-58-54-70(55-59-76)68-33-10-3-11-34-68)87-49-27-22-44-80(87)72-37-14-5-15-38-72)64-83(90)98-81-45-23-28-50-88(81)102(73-39-16-6-17-40-73)91-60-77(61-92(104)96(91)98)100(75-56-52-69(53-57-75)67-31-8-2-9-32-67)86-48-26-21-43-79(86)71-35-12-4-13-36-71/h2-65H,1H3. The number of rotatable bonds is 13. The molecule has 0 atom stereocenters. The summed E-state index contributed by atoms with van der Waals surface area (Å²) in [6, 6.07) is 144. The zero-order chi connectivity index (χ0) is 69.5. The molecule has 0 spiro atoms. The van der Waals surface area contributed by atoms with E-state index in [0.29, 0.717) is 0 Å². The van der Waals surface area contributed by atoms with Crippen molar-refractivity contribution in [3.63, 3.8) is 0 Å². The summed E-state index contributed by atoms with van der Waals surface area (Å²) in [5.41, 5.74) is 34.8. The van der Waals surface area contributed by atoms with Crippen LogP contribution in [0.5, 0.6) is 0 Å². The molecule has 0 N–H and O–H groups in total. The highest BCUT2D eigenvalue weighted by molar-refractivity contribution is 8.00. The fraction of sp³-hybridized carbons (Fsp3) is 0.0103. The van der Waals surface area contributed by atoms with Crippen LogP contribution in [0, 0.1) is 6.92 Å². The van der Waals surface area contributed by atoms with E-state index in [4.69, 9.17) is 0 Å². The van der Waals surface area contributed by atoms with Crippen LogP contribution in [0.15, 0.2) is 398 Å². The molecule has 5 nitrogen and oxygen atoms in total. The smallest absolute Gasteiger partial charge is 0.252 e. The number of fused-ring (bicyclic) bond motifs is 8. The minimum atomic E-state index is -0.171. The molecule has 0 radical (unpaired) electrons. The SMILES string of the molecule is Cc1ccccc1N1c2cc3c(cc2B2c4ccccc4N(c4ccccc4)c4cc(N(c5ccc(-c6ccccc6)cc5)c5ccccc5-c5ccccc5)cc1c42)B1c2ccccc2N(c2ccccc2)c2cc(N(c4ccc(-c5ccccc5)cc4)c4ccccc4-c4ccccc4)cc(c21)S3. The van der Waals surface area contributed by atoms with Gasteiger partial charge < -0.3 is 24.5 Å². The van der Waals surface area contributed by atoms with E-state index in [1.807, 2.05) is 11.8 Å². The highest BCUT2D eigenvalue weighted by Crippen LogP contribution is 2.53. The first-order valence-corrected chi connectivity index (χ1v) is 37.0. The molecule has 8 heteroatoms. The van der Waals surface area contributed by atoms with Crippen molar-refractivity contribution >= 4 is 143 Å².